The lowest BCUT2D eigenvalue weighted by Gasteiger charge is -2.39. The maximum absolute atomic E-state index is 13.7. The van der Waals surface area contributed by atoms with Crippen LogP contribution in [0.2, 0.25) is 0 Å². The van der Waals surface area contributed by atoms with Crippen molar-refractivity contribution in [2.75, 3.05) is 13.2 Å². The molecule has 1 unspecified atom stereocenters. The highest BCUT2D eigenvalue weighted by atomic mass is 19.1. The molecule has 1 saturated heterocycles. The van der Waals surface area contributed by atoms with E-state index in [9.17, 15) is 9.18 Å². The Bertz CT molecular complexity index is 1020. The highest BCUT2D eigenvalue weighted by Gasteiger charge is 2.33. The summed E-state index contributed by atoms with van der Waals surface area (Å²) in [5, 5.41) is 8.42. The van der Waals surface area contributed by atoms with Gasteiger partial charge in [0, 0.05) is 24.6 Å². The van der Waals surface area contributed by atoms with Crippen LogP contribution in [0.25, 0.3) is 5.69 Å². The molecule has 0 N–H and O–H groups in total. The zero-order valence-corrected chi connectivity index (χ0v) is 17.7. The van der Waals surface area contributed by atoms with Gasteiger partial charge in [-0.1, -0.05) is 18.6 Å². The second-order valence-corrected chi connectivity index (χ2v) is 7.93. The first kappa shape index (κ1) is 21.0. The number of carbonyl (C=O) groups excluding carboxylic acids is 1. The summed E-state index contributed by atoms with van der Waals surface area (Å²) in [6.45, 7) is 5.10. The van der Waals surface area contributed by atoms with Gasteiger partial charge >= 0.3 is 0 Å². The molecule has 31 heavy (non-hydrogen) atoms. The normalized spacial score (nSPS) is 18.7. The van der Waals surface area contributed by atoms with E-state index < -0.39 is 5.82 Å². The Labute approximate surface area is 180 Å². The van der Waals surface area contributed by atoms with Gasteiger partial charge in [0.25, 0.3) is 5.91 Å². The Morgan fingerprint density at radius 2 is 2.00 bits per heavy atom. The number of aromatic nitrogens is 4. The third-order valence-electron chi connectivity index (χ3n) is 5.72. The third kappa shape index (κ3) is 4.73. The lowest BCUT2D eigenvalue weighted by molar-refractivity contribution is 0.0464. The lowest BCUT2D eigenvalue weighted by atomic mass is 9.91. The number of carbonyl (C=O) groups is 1. The first-order chi connectivity index (χ1) is 15.0. The highest BCUT2D eigenvalue weighted by molar-refractivity contribution is 5.98. The van der Waals surface area contributed by atoms with Crippen LogP contribution in [0.15, 0.2) is 48.9 Å². The van der Waals surface area contributed by atoms with E-state index in [1.165, 1.54) is 16.9 Å². The van der Waals surface area contributed by atoms with Crippen molar-refractivity contribution in [2.24, 2.45) is 5.92 Å². The molecule has 0 saturated carbocycles. The van der Waals surface area contributed by atoms with E-state index >= 15 is 0 Å². The van der Waals surface area contributed by atoms with Crippen molar-refractivity contribution >= 4 is 5.91 Å². The van der Waals surface area contributed by atoms with Gasteiger partial charge in [-0.15, -0.1) is 0 Å². The number of hydrogen-bond donors (Lipinski definition) is 0. The molecule has 1 fully saturated rings. The molecule has 4 rings (SSSR count). The van der Waals surface area contributed by atoms with Gasteiger partial charge < -0.3 is 9.64 Å². The Morgan fingerprint density at radius 3 is 2.71 bits per heavy atom. The number of ether oxygens (including phenoxy) is 1. The summed E-state index contributed by atoms with van der Waals surface area (Å²) in [5.74, 6) is 0.151. The van der Waals surface area contributed by atoms with Gasteiger partial charge in [-0.25, -0.2) is 9.37 Å². The molecule has 7 nitrogen and oxygen atoms in total. The summed E-state index contributed by atoms with van der Waals surface area (Å²) in [7, 11) is 0. The molecule has 0 bridgehead atoms. The fourth-order valence-electron chi connectivity index (χ4n) is 4.05. The molecule has 3 heterocycles. The van der Waals surface area contributed by atoms with Crippen molar-refractivity contribution in [1.29, 1.82) is 0 Å². The van der Waals surface area contributed by atoms with Crippen LogP contribution < -0.4 is 4.74 Å². The van der Waals surface area contributed by atoms with Crippen molar-refractivity contribution in [3.8, 4) is 11.6 Å². The molecule has 1 aromatic carbocycles. The maximum Gasteiger partial charge on any atom is 0.256 e. The average Bonchev–Trinajstić information content (AvgIpc) is 3.32. The van der Waals surface area contributed by atoms with Gasteiger partial charge in [0.2, 0.25) is 5.88 Å². The molecule has 0 spiro atoms. The highest BCUT2D eigenvalue weighted by Crippen LogP contribution is 2.28. The number of halogens is 1. The number of pyridine rings is 1. The third-order valence-corrected chi connectivity index (χ3v) is 5.72. The summed E-state index contributed by atoms with van der Waals surface area (Å²) in [6.07, 6.45) is 7.10. The molecule has 3 aromatic rings. The van der Waals surface area contributed by atoms with E-state index in [1.807, 2.05) is 30.0 Å². The SMILES string of the molecule is CCC1CC[C@H](COc2ccc(F)cn2)CN1C(=O)c1cc(C)ccc1-n1nccn1. The van der Waals surface area contributed by atoms with Gasteiger partial charge in [-0.3, -0.25) is 4.79 Å². The summed E-state index contributed by atoms with van der Waals surface area (Å²) < 4.78 is 18.8. The van der Waals surface area contributed by atoms with Crippen LogP contribution >= 0.6 is 0 Å². The van der Waals surface area contributed by atoms with Gasteiger partial charge in [0.05, 0.1) is 36.4 Å². The molecule has 1 amide bonds. The Kier molecular flexibility index (Phi) is 6.25. The lowest BCUT2D eigenvalue weighted by Crippen LogP contribution is -2.48. The second kappa shape index (κ2) is 9.24. The minimum atomic E-state index is -0.395. The number of benzene rings is 1. The first-order valence-corrected chi connectivity index (χ1v) is 10.6. The maximum atomic E-state index is 13.7. The van der Waals surface area contributed by atoms with Crippen molar-refractivity contribution in [2.45, 2.75) is 39.2 Å². The van der Waals surface area contributed by atoms with E-state index in [0.717, 1.165) is 31.0 Å². The van der Waals surface area contributed by atoms with Crippen LogP contribution in [0, 0.1) is 18.7 Å². The van der Waals surface area contributed by atoms with Crippen LogP contribution in [0.1, 0.15) is 42.1 Å². The number of likely N-dealkylation sites (tertiary alicyclic amines) is 1. The molecule has 1 aliphatic rings. The largest absolute Gasteiger partial charge is 0.477 e. The quantitative estimate of drug-likeness (QED) is 0.603. The standard InChI is InChI=1S/C23H26FN5O2/c1-3-19-7-5-17(15-31-22-9-6-18(24)13-25-22)14-28(19)23(30)20-12-16(2)4-8-21(20)29-26-10-11-27-29/h4,6,8-13,17,19H,3,5,7,14-15H2,1-2H3/t17-,19?/m0/s1. The predicted molar refractivity (Wildman–Crippen MR) is 114 cm³/mol. The van der Waals surface area contributed by atoms with Gasteiger partial charge in [-0.05, 0) is 44.4 Å². The molecule has 2 aromatic heterocycles. The van der Waals surface area contributed by atoms with Crippen LogP contribution in [0.3, 0.4) is 0 Å². The number of hydrogen-bond acceptors (Lipinski definition) is 5. The van der Waals surface area contributed by atoms with E-state index in [2.05, 4.69) is 22.1 Å². The number of amides is 1. The molecule has 162 valence electrons. The fourth-order valence-corrected chi connectivity index (χ4v) is 4.05. The van der Waals surface area contributed by atoms with Crippen molar-refractivity contribution < 1.29 is 13.9 Å². The molecule has 0 radical (unpaired) electrons. The van der Waals surface area contributed by atoms with E-state index in [-0.39, 0.29) is 17.9 Å². The predicted octanol–water partition coefficient (Wildman–Crippen LogP) is 3.82. The first-order valence-electron chi connectivity index (χ1n) is 10.6. The molecular formula is C23H26FN5O2. The number of piperidine rings is 1. The van der Waals surface area contributed by atoms with Crippen LogP contribution in [-0.4, -0.2) is 50.0 Å². The van der Waals surface area contributed by atoms with E-state index in [4.69, 9.17) is 4.74 Å². The molecule has 1 aliphatic heterocycles. The Hall–Kier alpha value is -3.29. The summed E-state index contributed by atoms with van der Waals surface area (Å²) in [6, 6.07) is 8.76. The minimum Gasteiger partial charge on any atom is -0.477 e. The van der Waals surface area contributed by atoms with Crippen molar-refractivity contribution in [3.05, 3.63) is 65.9 Å². The van der Waals surface area contributed by atoms with Crippen LogP contribution in [0.5, 0.6) is 5.88 Å². The van der Waals surface area contributed by atoms with Crippen molar-refractivity contribution in [3.63, 3.8) is 0 Å². The summed E-state index contributed by atoms with van der Waals surface area (Å²) >= 11 is 0. The molecule has 2 atom stereocenters. The zero-order chi connectivity index (χ0) is 21.8. The average molecular weight is 423 g/mol. The molecule has 0 aliphatic carbocycles. The van der Waals surface area contributed by atoms with Crippen LogP contribution in [0.4, 0.5) is 4.39 Å². The second-order valence-electron chi connectivity index (χ2n) is 7.93. The summed E-state index contributed by atoms with van der Waals surface area (Å²) in [5.41, 5.74) is 2.27. The monoisotopic (exact) mass is 423 g/mol. The van der Waals surface area contributed by atoms with E-state index in [1.54, 1.807) is 12.4 Å². The van der Waals surface area contributed by atoms with Gasteiger partial charge in [0.1, 0.15) is 5.82 Å². The minimum absolute atomic E-state index is 0.0209. The number of nitrogens with zero attached hydrogens (tertiary/aromatic N) is 5. The number of rotatable bonds is 6. The zero-order valence-electron chi connectivity index (χ0n) is 17.7. The number of aryl methyl sites for hydroxylation is 1. The van der Waals surface area contributed by atoms with Gasteiger partial charge in [0.15, 0.2) is 0 Å². The topological polar surface area (TPSA) is 73.1 Å². The van der Waals surface area contributed by atoms with E-state index in [0.29, 0.717) is 30.3 Å². The molecule has 8 heteroatoms. The van der Waals surface area contributed by atoms with Crippen molar-refractivity contribution in [1.82, 2.24) is 24.9 Å². The Balaban J connectivity index is 1.53. The fraction of sp³-hybridized carbons (Fsp3) is 0.391. The van der Waals surface area contributed by atoms with Crippen LogP contribution in [-0.2, 0) is 0 Å². The Morgan fingerprint density at radius 1 is 1.19 bits per heavy atom. The smallest absolute Gasteiger partial charge is 0.256 e. The van der Waals surface area contributed by atoms with Gasteiger partial charge in [-0.2, -0.15) is 15.0 Å². The summed E-state index contributed by atoms with van der Waals surface area (Å²) in [4.78, 5) is 21.0. The molecular weight excluding hydrogens is 397 g/mol.